The summed E-state index contributed by atoms with van der Waals surface area (Å²) in [6.07, 6.45) is 3.16. The van der Waals surface area contributed by atoms with Gasteiger partial charge >= 0.3 is 0 Å². The van der Waals surface area contributed by atoms with Crippen LogP contribution in [0, 0.1) is 11.8 Å². The van der Waals surface area contributed by atoms with E-state index in [1.807, 2.05) is 0 Å². The van der Waals surface area contributed by atoms with Crippen LogP contribution in [0.3, 0.4) is 0 Å². The number of hydrogen-bond donors (Lipinski definition) is 3. The van der Waals surface area contributed by atoms with E-state index in [0.29, 0.717) is 6.54 Å². The number of hydrogen-bond acceptors (Lipinski definition) is 3. The number of nitrogens with two attached hydrogens (primary N) is 2. The SMILES string of the molecule is NC(=O)C1C=CNCC1C(N)=O. The minimum atomic E-state index is -0.566. The van der Waals surface area contributed by atoms with E-state index < -0.39 is 23.7 Å². The minimum Gasteiger partial charge on any atom is -0.390 e. The van der Waals surface area contributed by atoms with Crippen LogP contribution in [-0.4, -0.2) is 18.4 Å². The van der Waals surface area contributed by atoms with Gasteiger partial charge in [0.2, 0.25) is 11.8 Å². The first-order valence-corrected chi connectivity index (χ1v) is 3.61. The summed E-state index contributed by atoms with van der Waals surface area (Å²) in [6.45, 7) is 0.374. The topological polar surface area (TPSA) is 98.2 Å². The zero-order chi connectivity index (χ0) is 9.14. The lowest BCUT2D eigenvalue weighted by Crippen LogP contribution is -2.43. The van der Waals surface area contributed by atoms with Gasteiger partial charge in [-0.3, -0.25) is 9.59 Å². The second-order valence-electron chi connectivity index (χ2n) is 2.70. The van der Waals surface area contributed by atoms with E-state index >= 15 is 0 Å². The fourth-order valence-electron chi connectivity index (χ4n) is 1.20. The molecule has 66 valence electrons. The van der Waals surface area contributed by atoms with Crippen LogP contribution < -0.4 is 16.8 Å². The molecule has 0 fully saturated rings. The molecule has 0 bridgehead atoms. The molecule has 0 aromatic carbocycles. The van der Waals surface area contributed by atoms with Crippen LogP contribution in [0.1, 0.15) is 0 Å². The summed E-state index contributed by atoms with van der Waals surface area (Å²) in [5, 5.41) is 2.81. The molecule has 0 radical (unpaired) electrons. The normalized spacial score (nSPS) is 27.7. The molecule has 5 N–H and O–H groups in total. The van der Waals surface area contributed by atoms with Gasteiger partial charge in [-0.2, -0.15) is 0 Å². The summed E-state index contributed by atoms with van der Waals surface area (Å²) in [7, 11) is 0. The van der Waals surface area contributed by atoms with E-state index in [2.05, 4.69) is 5.32 Å². The van der Waals surface area contributed by atoms with Crippen molar-refractivity contribution in [2.45, 2.75) is 0 Å². The monoisotopic (exact) mass is 169 g/mol. The molecule has 5 heteroatoms. The van der Waals surface area contributed by atoms with Gasteiger partial charge in [-0.25, -0.2) is 0 Å². The fraction of sp³-hybridized carbons (Fsp3) is 0.429. The van der Waals surface area contributed by atoms with Crippen molar-refractivity contribution in [3.63, 3.8) is 0 Å². The number of carbonyl (C=O) groups excluding carboxylic acids is 2. The molecule has 1 heterocycles. The molecule has 0 spiro atoms. The van der Waals surface area contributed by atoms with E-state index in [1.54, 1.807) is 12.3 Å². The molecule has 2 unspecified atom stereocenters. The first kappa shape index (κ1) is 8.58. The van der Waals surface area contributed by atoms with Crippen LogP contribution in [0.25, 0.3) is 0 Å². The van der Waals surface area contributed by atoms with Gasteiger partial charge in [-0.1, -0.05) is 6.08 Å². The summed E-state index contributed by atoms with van der Waals surface area (Å²) in [5.41, 5.74) is 10.1. The van der Waals surface area contributed by atoms with E-state index in [0.717, 1.165) is 0 Å². The predicted molar refractivity (Wildman–Crippen MR) is 42.5 cm³/mol. The maximum atomic E-state index is 10.8. The van der Waals surface area contributed by atoms with Gasteiger partial charge in [0, 0.05) is 6.54 Å². The molecule has 0 aromatic heterocycles. The second-order valence-corrected chi connectivity index (χ2v) is 2.70. The molecule has 2 atom stereocenters. The Morgan fingerprint density at radius 1 is 1.33 bits per heavy atom. The van der Waals surface area contributed by atoms with Crippen LogP contribution in [0.4, 0.5) is 0 Å². The molecular formula is C7H11N3O2. The van der Waals surface area contributed by atoms with Gasteiger partial charge in [-0.15, -0.1) is 0 Å². The molecule has 5 nitrogen and oxygen atoms in total. The highest BCUT2D eigenvalue weighted by Gasteiger charge is 2.30. The summed E-state index contributed by atoms with van der Waals surface area (Å²) in [6, 6.07) is 0. The van der Waals surface area contributed by atoms with Crippen molar-refractivity contribution in [3.05, 3.63) is 12.3 Å². The molecule has 0 aliphatic carbocycles. The van der Waals surface area contributed by atoms with Crippen LogP contribution in [0.2, 0.25) is 0 Å². The van der Waals surface area contributed by atoms with Gasteiger partial charge in [0.1, 0.15) is 0 Å². The molecule has 2 amide bonds. The Morgan fingerprint density at radius 2 is 2.00 bits per heavy atom. The first-order valence-electron chi connectivity index (χ1n) is 3.61. The average Bonchev–Trinajstić information content (AvgIpc) is 2.04. The van der Waals surface area contributed by atoms with E-state index in [-0.39, 0.29) is 0 Å². The minimum absolute atomic E-state index is 0.374. The summed E-state index contributed by atoms with van der Waals surface area (Å²) < 4.78 is 0. The average molecular weight is 169 g/mol. The van der Waals surface area contributed by atoms with Crippen molar-refractivity contribution in [2.75, 3.05) is 6.54 Å². The van der Waals surface area contributed by atoms with Crippen LogP contribution >= 0.6 is 0 Å². The maximum Gasteiger partial charge on any atom is 0.225 e. The van der Waals surface area contributed by atoms with Gasteiger partial charge in [0.25, 0.3) is 0 Å². The molecule has 0 aromatic rings. The van der Waals surface area contributed by atoms with Crippen LogP contribution in [0.5, 0.6) is 0 Å². The zero-order valence-corrected chi connectivity index (χ0v) is 6.49. The van der Waals surface area contributed by atoms with Gasteiger partial charge in [0.15, 0.2) is 0 Å². The Morgan fingerprint density at radius 3 is 2.42 bits per heavy atom. The van der Waals surface area contributed by atoms with Gasteiger partial charge in [0.05, 0.1) is 11.8 Å². The van der Waals surface area contributed by atoms with Crippen LogP contribution in [0.15, 0.2) is 12.3 Å². The van der Waals surface area contributed by atoms with Crippen molar-refractivity contribution in [1.82, 2.24) is 5.32 Å². The number of nitrogens with one attached hydrogen (secondary N) is 1. The molecule has 1 rings (SSSR count). The number of amides is 2. The van der Waals surface area contributed by atoms with Crippen molar-refractivity contribution in [1.29, 1.82) is 0 Å². The summed E-state index contributed by atoms with van der Waals surface area (Å²) >= 11 is 0. The smallest absolute Gasteiger partial charge is 0.225 e. The summed E-state index contributed by atoms with van der Waals surface area (Å²) in [5.74, 6) is -2.11. The highest BCUT2D eigenvalue weighted by molar-refractivity contribution is 5.87. The second kappa shape index (κ2) is 3.25. The van der Waals surface area contributed by atoms with E-state index in [1.165, 1.54) is 0 Å². The third kappa shape index (κ3) is 1.55. The molecule has 1 aliphatic rings. The van der Waals surface area contributed by atoms with Crippen molar-refractivity contribution >= 4 is 11.8 Å². The molecule has 0 saturated heterocycles. The first-order chi connectivity index (χ1) is 5.63. The standard InChI is InChI=1S/C7H11N3O2/c8-6(11)4-1-2-10-3-5(4)7(9)12/h1-2,4-5,10H,3H2,(H2,8,11)(H2,9,12). The highest BCUT2D eigenvalue weighted by Crippen LogP contribution is 2.15. The zero-order valence-electron chi connectivity index (χ0n) is 6.49. The Bertz CT molecular complexity index is 237. The molecular weight excluding hydrogens is 158 g/mol. The lowest BCUT2D eigenvalue weighted by molar-refractivity contribution is -0.129. The lowest BCUT2D eigenvalue weighted by Gasteiger charge is -2.22. The fourth-order valence-corrected chi connectivity index (χ4v) is 1.20. The molecule has 0 saturated carbocycles. The number of rotatable bonds is 2. The third-order valence-electron chi connectivity index (χ3n) is 1.89. The maximum absolute atomic E-state index is 10.8. The third-order valence-corrected chi connectivity index (χ3v) is 1.89. The number of primary amides is 2. The Labute approximate surface area is 69.8 Å². The highest BCUT2D eigenvalue weighted by atomic mass is 16.2. The summed E-state index contributed by atoms with van der Waals surface area (Å²) in [4.78, 5) is 21.6. The number of carbonyl (C=O) groups is 2. The van der Waals surface area contributed by atoms with Crippen molar-refractivity contribution in [2.24, 2.45) is 23.3 Å². The predicted octanol–water partition coefficient (Wildman–Crippen LogP) is -1.69. The Hall–Kier alpha value is -1.52. The van der Waals surface area contributed by atoms with E-state index in [4.69, 9.17) is 11.5 Å². The quantitative estimate of drug-likeness (QED) is 0.459. The van der Waals surface area contributed by atoms with Gasteiger partial charge < -0.3 is 16.8 Å². The van der Waals surface area contributed by atoms with Gasteiger partial charge in [-0.05, 0) is 6.20 Å². The lowest BCUT2D eigenvalue weighted by atomic mass is 9.89. The van der Waals surface area contributed by atoms with Crippen molar-refractivity contribution in [3.8, 4) is 0 Å². The van der Waals surface area contributed by atoms with Crippen LogP contribution in [-0.2, 0) is 9.59 Å². The molecule has 12 heavy (non-hydrogen) atoms. The molecule has 1 aliphatic heterocycles. The Kier molecular flexibility index (Phi) is 2.32. The Balaban J connectivity index is 2.79. The van der Waals surface area contributed by atoms with Crippen molar-refractivity contribution < 1.29 is 9.59 Å². The van der Waals surface area contributed by atoms with E-state index in [9.17, 15) is 9.59 Å². The largest absolute Gasteiger partial charge is 0.390 e.